The summed E-state index contributed by atoms with van der Waals surface area (Å²) in [5.41, 5.74) is 2.68. The summed E-state index contributed by atoms with van der Waals surface area (Å²) in [6.07, 6.45) is 0. The normalized spacial score (nSPS) is 10.2. The predicted octanol–water partition coefficient (Wildman–Crippen LogP) is 4.32. The molecule has 0 fully saturated rings. The second-order valence-electron chi connectivity index (χ2n) is 5.15. The highest BCUT2D eigenvalue weighted by Gasteiger charge is 2.11. The maximum absolute atomic E-state index is 11.0. The smallest absolute Gasteiger partial charge is 0.221 e. The van der Waals surface area contributed by atoms with E-state index in [-0.39, 0.29) is 5.91 Å². The van der Waals surface area contributed by atoms with Gasteiger partial charge in [-0.05, 0) is 48.9 Å². The molecule has 2 aromatic carbocycles. The van der Waals surface area contributed by atoms with Gasteiger partial charge in [0.15, 0.2) is 11.5 Å². The zero-order valence-electron chi connectivity index (χ0n) is 14.0. The molecule has 0 saturated heterocycles. The second kappa shape index (κ2) is 8.45. The van der Waals surface area contributed by atoms with Gasteiger partial charge in [0.05, 0.1) is 18.7 Å². The molecule has 0 aliphatic carbocycles. The van der Waals surface area contributed by atoms with Crippen LogP contribution in [0.15, 0.2) is 36.4 Å². The van der Waals surface area contributed by atoms with Gasteiger partial charge < -0.3 is 20.1 Å². The first-order chi connectivity index (χ1) is 11.5. The molecule has 0 aliphatic heterocycles. The van der Waals surface area contributed by atoms with E-state index in [0.717, 1.165) is 16.9 Å². The number of carbonyl (C=O) groups excluding carboxylic acids is 1. The van der Waals surface area contributed by atoms with Crippen LogP contribution in [0.2, 0.25) is 5.02 Å². The highest BCUT2D eigenvalue weighted by molar-refractivity contribution is 6.32. The molecule has 0 aromatic heterocycles. The number of nitrogens with one attached hydrogen (secondary N) is 2. The zero-order valence-corrected chi connectivity index (χ0v) is 14.7. The van der Waals surface area contributed by atoms with Crippen molar-refractivity contribution in [3.63, 3.8) is 0 Å². The third-order valence-electron chi connectivity index (χ3n) is 3.28. The molecule has 0 unspecified atom stereocenters. The highest BCUT2D eigenvalue weighted by Crippen LogP contribution is 2.36. The van der Waals surface area contributed by atoms with Crippen LogP contribution in [0.3, 0.4) is 0 Å². The van der Waals surface area contributed by atoms with Crippen LogP contribution in [0, 0.1) is 0 Å². The molecule has 6 heteroatoms. The van der Waals surface area contributed by atoms with Gasteiger partial charge in [0.1, 0.15) is 0 Å². The Morgan fingerprint density at radius 2 is 1.83 bits per heavy atom. The van der Waals surface area contributed by atoms with E-state index in [1.54, 1.807) is 7.11 Å². The third kappa shape index (κ3) is 4.80. The molecule has 0 radical (unpaired) electrons. The van der Waals surface area contributed by atoms with E-state index in [1.165, 1.54) is 6.92 Å². The quantitative estimate of drug-likeness (QED) is 0.782. The Kier molecular flexibility index (Phi) is 6.32. The SMILES string of the molecule is CCOc1c(Cl)cc(CNc2ccc(NC(C)=O)cc2)cc1OC. The van der Waals surface area contributed by atoms with E-state index in [2.05, 4.69) is 10.6 Å². The lowest BCUT2D eigenvalue weighted by Crippen LogP contribution is -2.06. The molecule has 2 N–H and O–H groups in total. The Morgan fingerprint density at radius 3 is 2.42 bits per heavy atom. The molecule has 24 heavy (non-hydrogen) atoms. The van der Waals surface area contributed by atoms with E-state index in [4.69, 9.17) is 21.1 Å². The van der Waals surface area contributed by atoms with Gasteiger partial charge >= 0.3 is 0 Å². The number of hydrogen-bond donors (Lipinski definition) is 2. The van der Waals surface area contributed by atoms with Crippen molar-refractivity contribution in [3.8, 4) is 11.5 Å². The molecule has 1 amide bonds. The van der Waals surface area contributed by atoms with Crippen LogP contribution in [0.25, 0.3) is 0 Å². The van der Waals surface area contributed by atoms with Crippen molar-refractivity contribution in [2.45, 2.75) is 20.4 Å². The summed E-state index contributed by atoms with van der Waals surface area (Å²) in [7, 11) is 1.59. The third-order valence-corrected chi connectivity index (χ3v) is 3.56. The van der Waals surface area contributed by atoms with Gasteiger partial charge in [0.25, 0.3) is 0 Å². The molecule has 0 heterocycles. The minimum atomic E-state index is -0.0909. The highest BCUT2D eigenvalue weighted by atomic mass is 35.5. The Hall–Kier alpha value is -2.40. The average molecular weight is 349 g/mol. The van der Waals surface area contributed by atoms with Gasteiger partial charge in [-0.1, -0.05) is 11.6 Å². The van der Waals surface area contributed by atoms with E-state index in [1.807, 2.05) is 43.3 Å². The van der Waals surface area contributed by atoms with Gasteiger partial charge in [-0.15, -0.1) is 0 Å². The van der Waals surface area contributed by atoms with E-state index >= 15 is 0 Å². The summed E-state index contributed by atoms with van der Waals surface area (Å²) >= 11 is 6.27. The van der Waals surface area contributed by atoms with E-state index in [0.29, 0.717) is 29.7 Å². The fourth-order valence-corrected chi connectivity index (χ4v) is 2.53. The number of ether oxygens (including phenoxy) is 2. The molecule has 128 valence electrons. The van der Waals surface area contributed by atoms with Crippen molar-refractivity contribution in [2.24, 2.45) is 0 Å². The maximum Gasteiger partial charge on any atom is 0.221 e. The molecular weight excluding hydrogens is 328 g/mol. The topological polar surface area (TPSA) is 59.6 Å². The van der Waals surface area contributed by atoms with E-state index < -0.39 is 0 Å². The van der Waals surface area contributed by atoms with Crippen LogP contribution >= 0.6 is 11.6 Å². The Balaban J connectivity index is 2.06. The fourth-order valence-electron chi connectivity index (χ4n) is 2.24. The minimum Gasteiger partial charge on any atom is -0.493 e. The van der Waals surface area contributed by atoms with Crippen molar-refractivity contribution >= 4 is 28.9 Å². The number of benzene rings is 2. The van der Waals surface area contributed by atoms with Crippen molar-refractivity contribution in [2.75, 3.05) is 24.4 Å². The molecule has 2 rings (SSSR count). The van der Waals surface area contributed by atoms with Crippen LogP contribution < -0.4 is 20.1 Å². The summed E-state index contributed by atoms with van der Waals surface area (Å²) in [4.78, 5) is 11.0. The second-order valence-corrected chi connectivity index (χ2v) is 5.56. The molecular formula is C18H21ClN2O3. The van der Waals surface area contributed by atoms with Crippen molar-refractivity contribution in [3.05, 3.63) is 47.0 Å². The van der Waals surface area contributed by atoms with Crippen LogP contribution in [0.4, 0.5) is 11.4 Å². The zero-order chi connectivity index (χ0) is 17.5. The van der Waals surface area contributed by atoms with Crippen LogP contribution in [0.5, 0.6) is 11.5 Å². The fraction of sp³-hybridized carbons (Fsp3) is 0.278. The van der Waals surface area contributed by atoms with Crippen LogP contribution in [-0.2, 0) is 11.3 Å². The first kappa shape index (κ1) is 17.9. The van der Waals surface area contributed by atoms with Crippen LogP contribution in [-0.4, -0.2) is 19.6 Å². The molecule has 0 atom stereocenters. The largest absolute Gasteiger partial charge is 0.493 e. The Labute approximate surface area is 146 Å². The monoisotopic (exact) mass is 348 g/mol. The first-order valence-corrected chi connectivity index (χ1v) is 8.02. The summed E-state index contributed by atoms with van der Waals surface area (Å²) < 4.78 is 10.9. The lowest BCUT2D eigenvalue weighted by Gasteiger charge is -2.14. The van der Waals surface area contributed by atoms with Crippen LogP contribution in [0.1, 0.15) is 19.4 Å². The van der Waals surface area contributed by atoms with Gasteiger partial charge in [0.2, 0.25) is 5.91 Å². The molecule has 0 bridgehead atoms. The summed E-state index contributed by atoms with van der Waals surface area (Å²) in [5.74, 6) is 1.08. The first-order valence-electron chi connectivity index (χ1n) is 7.64. The van der Waals surface area contributed by atoms with Gasteiger partial charge in [0, 0.05) is 24.8 Å². The lowest BCUT2D eigenvalue weighted by molar-refractivity contribution is -0.114. The molecule has 0 saturated carbocycles. The van der Waals surface area contributed by atoms with Gasteiger partial charge in [-0.3, -0.25) is 4.79 Å². The van der Waals surface area contributed by atoms with Crippen molar-refractivity contribution < 1.29 is 14.3 Å². The molecule has 2 aromatic rings. The predicted molar refractivity (Wildman–Crippen MR) is 97.2 cm³/mol. The maximum atomic E-state index is 11.0. The standard InChI is InChI=1S/C18H21ClN2O3/c1-4-24-18-16(19)9-13(10-17(18)23-3)11-20-14-5-7-15(8-6-14)21-12(2)22/h5-10,20H,4,11H2,1-3H3,(H,21,22). The number of rotatable bonds is 7. The molecule has 5 nitrogen and oxygen atoms in total. The number of anilines is 2. The molecule has 0 spiro atoms. The number of methoxy groups -OCH3 is 1. The summed E-state index contributed by atoms with van der Waals surface area (Å²) in [6.45, 7) is 4.49. The number of hydrogen-bond acceptors (Lipinski definition) is 4. The average Bonchev–Trinajstić information content (AvgIpc) is 2.55. The number of amides is 1. The summed E-state index contributed by atoms with van der Waals surface area (Å²) in [5, 5.41) is 6.56. The van der Waals surface area contributed by atoms with Crippen molar-refractivity contribution in [1.29, 1.82) is 0 Å². The number of halogens is 1. The van der Waals surface area contributed by atoms with E-state index in [9.17, 15) is 4.79 Å². The van der Waals surface area contributed by atoms with Crippen molar-refractivity contribution in [1.82, 2.24) is 0 Å². The summed E-state index contributed by atoms with van der Waals surface area (Å²) in [6, 6.07) is 11.2. The Morgan fingerprint density at radius 1 is 1.17 bits per heavy atom. The Bertz CT molecular complexity index is 702. The van der Waals surface area contributed by atoms with Gasteiger partial charge in [-0.2, -0.15) is 0 Å². The van der Waals surface area contributed by atoms with Gasteiger partial charge in [-0.25, -0.2) is 0 Å². The number of carbonyl (C=O) groups is 1. The lowest BCUT2D eigenvalue weighted by atomic mass is 10.2. The molecule has 0 aliphatic rings. The minimum absolute atomic E-state index is 0.0909.